The van der Waals surface area contributed by atoms with Gasteiger partial charge in [-0.1, -0.05) is 6.07 Å². The molecule has 0 saturated carbocycles. The quantitative estimate of drug-likeness (QED) is 0.447. The molecular formula is C23H23F2N5O3. The number of aryl methyl sites for hydroxylation is 2. The summed E-state index contributed by atoms with van der Waals surface area (Å²) in [6, 6.07) is 6.85. The van der Waals surface area contributed by atoms with Crippen LogP contribution in [0.25, 0.3) is 5.65 Å². The van der Waals surface area contributed by atoms with Gasteiger partial charge in [0.2, 0.25) is 0 Å². The fourth-order valence-corrected chi connectivity index (χ4v) is 3.58. The number of hydrogen-bond acceptors (Lipinski definition) is 5. The molecule has 33 heavy (non-hydrogen) atoms. The maximum absolute atomic E-state index is 14.0. The van der Waals surface area contributed by atoms with Crippen LogP contribution in [0.1, 0.15) is 34.2 Å². The third-order valence-electron chi connectivity index (χ3n) is 5.48. The van der Waals surface area contributed by atoms with Crippen LogP contribution in [0.2, 0.25) is 0 Å². The Morgan fingerprint density at radius 2 is 1.97 bits per heavy atom. The van der Waals surface area contributed by atoms with Crippen molar-refractivity contribution in [3.05, 3.63) is 83.1 Å². The molecule has 10 heteroatoms. The molecule has 4 rings (SSSR count). The Kier molecular flexibility index (Phi) is 5.86. The van der Waals surface area contributed by atoms with Crippen LogP contribution in [-0.4, -0.2) is 36.8 Å². The van der Waals surface area contributed by atoms with Crippen LogP contribution < -0.4 is 10.1 Å². The van der Waals surface area contributed by atoms with Crippen LogP contribution in [0.5, 0.6) is 5.75 Å². The van der Waals surface area contributed by atoms with Gasteiger partial charge in [0.15, 0.2) is 11.4 Å². The number of benzene rings is 1. The number of ether oxygens (including phenoxy) is 1. The van der Waals surface area contributed by atoms with E-state index in [0.29, 0.717) is 16.9 Å². The zero-order valence-electron chi connectivity index (χ0n) is 18.3. The van der Waals surface area contributed by atoms with Crippen molar-refractivity contribution in [1.82, 2.24) is 24.5 Å². The van der Waals surface area contributed by atoms with E-state index in [1.165, 1.54) is 6.07 Å². The van der Waals surface area contributed by atoms with Crippen LogP contribution >= 0.6 is 0 Å². The number of halogens is 2. The van der Waals surface area contributed by atoms with Gasteiger partial charge in [-0.2, -0.15) is 5.10 Å². The molecule has 3 heterocycles. The first-order valence-corrected chi connectivity index (χ1v) is 10.2. The lowest BCUT2D eigenvalue weighted by Gasteiger charge is -2.27. The Bertz CT molecular complexity index is 1310. The minimum atomic E-state index is -1.07. The summed E-state index contributed by atoms with van der Waals surface area (Å²) in [5.74, 6) is -1.61. The van der Waals surface area contributed by atoms with E-state index in [4.69, 9.17) is 4.74 Å². The molecule has 3 aromatic heterocycles. The number of carbonyl (C=O) groups excluding carboxylic acids is 1. The number of pyridine rings is 1. The number of aliphatic hydroxyl groups excluding tert-OH is 1. The summed E-state index contributed by atoms with van der Waals surface area (Å²) in [5.41, 5.74) is 0.365. The summed E-state index contributed by atoms with van der Waals surface area (Å²) in [7, 11) is 1.74. The Hall–Kier alpha value is -3.79. The molecule has 1 atom stereocenters. The molecule has 0 bridgehead atoms. The molecule has 0 radical (unpaired) electrons. The summed E-state index contributed by atoms with van der Waals surface area (Å²) < 4.78 is 36.7. The zero-order valence-corrected chi connectivity index (χ0v) is 18.3. The number of fused-ring (bicyclic) bond motifs is 1. The molecule has 4 aromatic rings. The summed E-state index contributed by atoms with van der Waals surface area (Å²) >= 11 is 0. The molecule has 0 aliphatic carbocycles. The van der Waals surface area contributed by atoms with E-state index in [1.807, 2.05) is 0 Å². The molecule has 1 unspecified atom stereocenters. The van der Waals surface area contributed by atoms with Gasteiger partial charge >= 0.3 is 0 Å². The van der Waals surface area contributed by atoms with E-state index >= 15 is 0 Å². The second-order valence-electron chi connectivity index (χ2n) is 7.95. The fraction of sp³-hybridized carbons (Fsp3) is 0.261. The van der Waals surface area contributed by atoms with Gasteiger partial charge in [0.05, 0.1) is 29.6 Å². The van der Waals surface area contributed by atoms with Crippen molar-refractivity contribution in [3.8, 4) is 5.75 Å². The number of rotatable bonds is 7. The molecule has 1 aromatic carbocycles. The first-order chi connectivity index (χ1) is 15.7. The Morgan fingerprint density at radius 1 is 1.24 bits per heavy atom. The highest BCUT2D eigenvalue weighted by Crippen LogP contribution is 2.26. The topological polar surface area (TPSA) is 93.7 Å². The Balaban J connectivity index is 1.64. The monoisotopic (exact) mass is 455 g/mol. The lowest BCUT2D eigenvalue weighted by molar-refractivity contribution is 0.0843. The van der Waals surface area contributed by atoms with Crippen molar-refractivity contribution in [3.63, 3.8) is 0 Å². The van der Waals surface area contributed by atoms with E-state index in [2.05, 4.69) is 15.4 Å². The summed E-state index contributed by atoms with van der Waals surface area (Å²) in [5, 5.41) is 17.0. The normalized spacial score (nSPS) is 13.2. The van der Waals surface area contributed by atoms with Gasteiger partial charge in [0.25, 0.3) is 5.91 Å². The van der Waals surface area contributed by atoms with Gasteiger partial charge in [0, 0.05) is 25.0 Å². The largest absolute Gasteiger partial charge is 0.485 e. The number of aromatic nitrogens is 4. The molecule has 0 fully saturated rings. The van der Waals surface area contributed by atoms with Crippen molar-refractivity contribution in [1.29, 1.82) is 0 Å². The van der Waals surface area contributed by atoms with Crippen molar-refractivity contribution >= 4 is 11.6 Å². The number of imidazole rings is 1. The number of amides is 1. The number of carbonyl (C=O) groups is 1. The maximum Gasteiger partial charge on any atom is 0.270 e. The van der Waals surface area contributed by atoms with E-state index in [0.717, 1.165) is 12.1 Å². The Morgan fingerprint density at radius 3 is 2.61 bits per heavy atom. The molecule has 0 aliphatic heterocycles. The average Bonchev–Trinajstić information content (AvgIpc) is 3.36. The third-order valence-corrected chi connectivity index (χ3v) is 5.48. The van der Waals surface area contributed by atoms with E-state index in [-0.39, 0.29) is 30.2 Å². The lowest BCUT2D eigenvalue weighted by atomic mass is 9.96. The van der Waals surface area contributed by atoms with Gasteiger partial charge in [-0.3, -0.25) is 13.9 Å². The molecular weight excluding hydrogens is 432 g/mol. The van der Waals surface area contributed by atoms with E-state index in [9.17, 15) is 18.7 Å². The molecule has 8 nitrogen and oxygen atoms in total. The predicted molar refractivity (Wildman–Crippen MR) is 116 cm³/mol. The van der Waals surface area contributed by atoms with Gasteiger partial charge < -0.3 is 15.2 Å². The molecule has 1 amide bonds. The predicted octanol–water partition coefficient (Wildman–Crippen LogP) is 2.87. The van der Waals surface area contributed by atoms with E-state index in [1.54, 1.807) is 60.7 Å². The summed E-state index contributed by atoms with van der Waals surface area (Å²) in [6.07, 6.45) is 4.93. The first-order valence-electron chi connectivity index (χ1n) is 10.2. The molecule has 0 aliphatic rings. The standard InChI is InChI=1S/C23H23F2N5O3/c1-14-20(22(32)28-23(2,13-31)15-10-26-29(3)11-15)30-9-5-8-19(21(30)27-14)33-12-16-17(24)6-4-7-18(16)25/h4-11,31H,12-13H2,1-3H3,(H,28,32). The average molecular weight is 455 g/mol. The highest BCUT2D eigenvalue weighted by molar-refractivity contribution is 5.95. The van der Waals surface area contributed by atoms with Gasteiger partial charge in [-0.15, -0.1) is 0 Å². The van der Waals surface area contributed by atoms with Gasteiger partial charge in [-0.05, 0) is 38.1 Å². The summed E-state index contributed by atoms with van der Waals surface area (Å²) in [4.78, 5) is 17.7. The van der Waals surface area contributed by atoms with Crippen LogP contribution in [-0.2, 0) is 19.2 Å². The number of hydrogen-bond donors (Lipinski definition) is 2. The minimum Gasteiger partial charge on any atom is -0.485 e. The lowest BCUT2D eigenvalue weighted by Crippen LogP contribution is -2.46. The highest BCUT2D eigenvalue weighted by atomic mass is 19.1. The van der Waals surface area contributed by atoms with Crippen LogP contribution in [0.4, 0.5) is 8.78 Å². The van der Waals surface area contributed by atoms with Crippen molar-refractivity contribution in [2.45, 2.75) is 26.0 Å². The zero-order chi connectivity index (χ0) is 23.8. The number of nitrogens with zero attached hydrogens (tertiary/aromatic N) is 4. The maximum atomic E-state index is 14.0. The molecule has 0 saturated heterocycles. The second kappa shape index (κ2) is 8.62. The molecule has 172 valence electrons. The van der Waals surface area contributed by atoms with Crippen LogP contribution in [0.3, 0.4) is 0 Å². The van der Waals surface area contributed by atoms with E-state index < -0.39 is 23.1 Å². The van der Waals surface area contributed by atoms with Gasteiger partial charge in [0.1, 0.15) is 23.9 Å². The van der Waals surface area contributed by atoms with Crippen LogP contribution in [0, 0.1) is 18.6 Å². The SMILES string of the molecule is Cc1nc2c(OCc3c(F)cccc3F)cccn2c1C(=O)NC(C)(CO)c1cnn(C)c1. The summed E-state index contributed by atoms with van der Waals surface area (Å²) in [6.45, 7) is 2.68. The van der Waals surface area contributed by atoms with Crippen LogP contribution in [0.15, 0.2) is 48.9 Å². The minimum absolute atomic E-state index is 0.198. The highest BCUT2D eigenvalue weighted by Gasteiger charge is 2.31. The number of aliphatic hydroxyl groups is 1. The molecule has 2 N–H and O–H groups in total. The van der Waals surface area contributed by atoms with Crippen molar-refractivity contribution < 1.29 is 23.4 Å². The van der Waals surface area contributed by atoms with Gasteiger partial charge in [-0.25, -0.2) is 13.8 Å². The third kappa shape index (κ3) is 4.17. The molecule has 0 spiro atoms. The fourth-order valence-electron chi connectivity index (χ4n) is 3.58. The number of nitrogens with one attached hydrogen (secondary N) is 1. The van der Waals surface area contributed by atoms with Crippen molar-refractivity contribution in [2.75, 3.05) is 6.61 Å². The Labute approximate surface area is 188 Å². The second-order valence-corrected chi connectivity index (χ2v) is 7.95. The smallest absolute Gasteiger partial charge is 0.270 e. The first kappa shape index (κ1) is 22.4. The van der Waals surface area contributed by atoms with Crippen molar-refractivity contribution in [2.24, 2.45) is 7.05 Å².